The number of aryl methyl sites for hydroxylation is 1. The number of fused-ring (bicyclic) bond motifs is 1. The van der Waals surface area contributed by atoms with Crippen molar-refractivity contribution < 1.29 is 4.42 Å². The number of piperidine rings is 1. The summed E-state index contributed by atoms with van der Waals surface area (Å²) in [5.41, 5.74) is 0. The third-order valence-electron chi connectivity index (χ3n) is 4.76. The SMILES string of the molecule is CC(CCc1ccco1)NC1CCN2CCCCC12. The Labute approximate surface area is 116 Å². The smallest absolute Gasteiger partial charge is 0.103 e. The summed E-state index contributed by atoms with van der Waals surface area (Å²) in [6.45, 7) is 4.94. The summed E-state index contributed by atoms with van der Waals surface area (Å²) in [6, 6.07) is 6.15. The first-order valence-corrected chi connectivity index (χ1v) is 7.85. The first-order chi connectivity index (χ1) is 9.33. The molecule has 1 aromatic rings. The molecule has 0 saturated carbocycles. The monoisotopic (exact) mass is 262 g/mol. The van der Waals surface area contributed by atoms with Gasteiger partial charge in [0.05, 0.1) is 6.26 Å². The molecule has 2 fully saturated rings. The number of nitrogens with zero attached hydrogens (tertiary/aromatic N) is 1. The lowest BCUT2D eigenvalue weighted by molar-refractivity contribution is 0.176. The highest BCUT2D eigenvalue weighted by Crippen LogP contribution is 2.27. The molecule has 2 saturated heterocycles. The van der Waals surface area contributed by atoms with Gasteiger partial charge in [0.2, 0.25) is 0 Å². The Hall–Kier alpha value is -0.800. The quantitative estimate of drug-likeness (QED) is 0.884. The maximum Gasteiger partial charge on any atom is 0.103 e. The molecular formula is C16H26N2O. The van der Waals surface area contributed by atoms with E-state index in [0.29, 0.717) is 12.1 Å². The third-order valence-corrected chi connectivity index (χ3v) is 4.76. The molecule has 3 unspecified atom stereocenters. The van der Waals surface area contributed by atoms with Gasteiger partial charge < -0.3 is 9.73 Å². The highest BCUT2D eigenvalue weighted by Gasteiger charge is 2.35. The van der Waals surface area contributed by atoms with Crippen molar-refractivity contribution in [2.45, 2.75) is 63.6 Å². The molecule has 0 aliphatic carbocycles. The lowest BCUT2D eigenvalue weighted by Gasteiger charge is -2.33. The third kappa shape index (κ3) is 3.21. The fourth-order valence-electron chi connectivity index (χ4n) is 3.70. The zero-order valence-corrected chi connectivity index (χ0v) is 12.0. The predicted octanol–water partition coefficient (Wildman–Crippen LogP) is 2.82. The number of hydrogen-bond acceptors (Lipinski definition) is 3. The van der Waals surface area contributed by atoms with Gasteiger partial charge in [-0.1, -0.05) is 6.42 Å². The second-order valence-electron chi connectivity index (χ2n) is 6.18. The fourth-order valence-corrected chi connectivity index (χ4v) is 3.70. The van der Waals surface area contributed by atoms with E-state index in [9.17, 15) is 0 Å². The van der Waals surface area contributed by atoms with Crippen LogP contribution in [0, 0.1) is 0 Å². The summed E-state index contributed by atoms with van der Waals surface area (Å²) in [4.78, 5) is 2.69. The van der Waals surface area contributed by atoms with E-state index >= 15 is 0 Å². The van der Waals surface area contributed by atoms with Gasteiger partial charge in [-0.05, 0) is 51.3 Å². The first-order valence-electron chi connectivity index (χ1n) is 7.85. The number of nitrogens with one attached hydrogen (secondary N) is 1. The molecular weight excluding hydrogens is 236 g/mol. The maximum absolute atomic E-state index is 5.40. The normalized spacial score (nSPS) is 29.3. The average Bonchev–Trinajstić information content (AvgIpc) is 3.07. The highest BCUT2D eigenvalue weighted by molar-refractivity contribution is 4.99. The van der Waals surface area contributed by atoms with Crippen LogP contribution in [0.2, 0.25) is 0 Å². The minimum absolute atomic E-state index is 0.581. The Morgan fingerprint density at radius 2 is 2.32 bits per heavy atom. The van der Waals surface area contributed by atoms with Gasteiger partial charge in [0.1, 0.15) is 5.76 Å². The van der Waals surface area contributed by atoms with E-state index < -0.39 is 0 Å². The summed E-state index contributed by atoms with van der Waals surface area (Å²) in [5, 5.41) is 3.86. The molecule has 2 aliphatic heterocycles. The van der Waals surface area contributed by atoms with Crippen molar-refractivity contribution in [3.8, 4) is 0 Å². The van der Waals surface area contributed by atoms with Gasteiger partial charge in [-0.3, -0.25) is 4.90 Å². The summed E-state index contributed by atoms with van der Waals surface area (Å²) < 4.78 is 5.40. The summed E-state index contributed by atoms with van der Waals surface area (Å²) in [7, 11) is 0. The maximum atomic E-state index is 5.40. The average molecular weight is 262 g/mol. The van der Waals surface area contributed by atoms with Crippen LogP contribution in [0.5, 0.6) is 0 Å². The standard InChI is InChI=1S/C16H26N2O/c1-13(7-8-14-5-4-12-19-14)17-15-9-11-18-10-3-2-6-16(15)18/h4-5,12-13,15-17H,2-3,6-11H2,1H3. The first kappa shape index (κ1) is 13.2. The van der Waals surface area contributed by atoms with Crippen LogP contribution in [0.1, 0.15) is 44.8 Å². The zero-order chi connectivity index (χ0) is 13.1. The molecule has 1 aromatic heterocycles. The van der Waals surface area contributed by atoms with Crippen LogP contribution in [0.4, 0.5) is 0 Å². The van der Waals surface area contributed by atoms with E-state index in [0.717, 1.165) is 24.6 Å². The van der Waals surface area contributed by atoms with E-state index in [-0.39, 0.29) is 0 Å². The van der Waals surface area contributed by atoms with Crippen molar-refractivity contribution in [2.24, 2.45) is 0 Å². The summed E-state index contributed by atoms with van der Waals surface area (Å²) in [6.07, 6.45) is 9.51. The fraction of sp³-hybridized carbons (Fsp3) is 0.750. The molecule has 0 amide bonds. The van der Waals surface area contributed by atoms with Crippen molar-refractivity contribution in [2.75, 3.05) is 13.1 Å². The van der Waals surface area contributed by atoms with E-state index in [1.54, 1.807) is 6.26 Å². The van der Waals surface area contributed by atoms with Crippen LogP contribution < -0.4 is 5.32 Å². The molecule has 0 aromatic carbocycles. The summed E-state index contributed by atoms with van der Waals surface area (Å²) in [5.74, 6) is 1.11. The van der Waals surface area contributed by atoms with Crippen molar-refractivity contribution in [1.82, 2.24) is 10.2 Å². The Kier molecular flexibility index (Phi) is 4.24. The molecule has 3 heterocycles. The van der Waals surface area contributed by atoms with Crippen molar-refractivity contribution in [1.29, 1.82) is 0 Å². The minimum atomic E-state index is 0.581. The molecule has 0 spiro atoms. The lowest BCUT2D eigenvalue weighted by Crippen LogP contribution is -2.47. The van der Waals surface area contributed by atoms with E-state index in [1.165, 1.54) is 38.8 Å². The van der Waals surface area contributed by atoms with E-state index in [4.69, 9.17) is 4.42 Å². The largest absolute Gasteiger partial charge is 0.469 e. The molecule has 0 bridgehead atoms. The van der Waals surface area contributed by atoms with Crippen molar-refractivity contribution in [3.05, 3.63) is 24.2 Å². The number of hydrogen-bond donors (Lipinski definition) is 1. The molecule has 106 valence electrons. The Bertz CT molecular complexity index is 376. The minimum Gasteiger partial charge on any atom is -0.469 e. The highest BCUT2D eigenvalue weighted by atomic mass is 16.3. The molecule has 1 N–H and O–H groups in total. The van der Waals surface area contributed by atoms with Gasteiger partial charge in [-0.25, -0.2) is 0 Å². The second-order valence-corrected chi connectivity index (χ2v) is 6.18. The molecule has 3 heteroatoms. The molecule has 2 aliphatic rings. The van der Waals surface area contributed by atoms with Crippen LogP contribution >= 0.6 is 0 Å². The molecule has 3 atom stereocenters. The molecule has 3 nitrogen and oxygen atoms in total. The number of furan rings is 1. The molecule has 19 heavy (non-hydrogen) atoms. The van der Waals surface area contributed by atoms with Gasteiger partial charge in [0.15, 0.2) is 0 Å². The predicted molar refractivity (Wildman–Crippen MR) is 77.2 cm³/mol. The second kappa shape index (κ2) is 6.10. The van der Waals surface area contributed by atoms with Crippen LogP contribution in [0.15, 0.2) is 22.8 Å². The molecule has 0 radical (unpaired) electrons. The van der Waals surface area contributed by atoms with E-state index in [2.05, 4.69) is 23.2 Å². The zero-order valence-electron chi connectivity index (χ0n) is 12.0. The van der Waals surface area contributed by atoms with Crippen molar-refractivity contribution >= 4 is 0 Å². The van der Waals surface area contributed by atoms with Gasteiger partial charge in [0, 0.05) is 31.1 Å². The Morgan fingerprint density at radius 1 is 1.37 bits per heavy atom. The van der Waals surface area contributed by atoms with Crippen LogP contribution in [0.25, 0.3) is 0 Å². The van der Waals surface area contributed by atoms with E-state index in [1.807, 2.05) is 6.07 Å². The van der Waals surface area contributed by atoms with Crippen LogP contribution in [-0.2, 0) is 6.42 Å². The Balaban J connectivity index is 1.45. The van der Waals surface area contributed by atoms with Gasteiger partial charge in [-0.2, -0.15) is 0 Å². The topological polar surface area (TPSA) is 28.4 Å². The Morgan fingerprint density at radius 3 is 3.16 bits per heavy atom. The van der Waals surface area contributed by atoms with Crippen LogP contribution in [-0.4, -0.2) is 36.1 Å². The number of rotatable bonds is 5. The lowest BCUT2D eigenvalue weighted by atomic mass is 9.98. The van der Waals surface area contributed by atoms with Gasteiger partial charge >= 0.3 is 0 Å². The van der Waals surface area contributed by atoms with Crippen molar-refractivity contribution in [3.63, 3.8) is 0 Å². The van der Waals surface area contributed by atoms with Crippen LogP contribution in [0.3, 0.4) is 0 Å². The summed E-state index contributed by atoms with van der Waals surface area (Å²) >= 11 is 0. The van der Waals surface area contributed by atoms with Gasteiger partial charge in [0.25, 0.3) is 0 Å². The molecule has 3 rings (SSSR count). The van der Waals surface area contributed by atoms with Gasteiger partial charge in [-0.15, -0.1) is 0 Å².